The molecular formula is C23H31N3O2S. The Hall–Kier alpha value is -2.21. The number of carbonyl (C=O) groups excluding carboxylic acids is 2. The zero-order valence-corrected chi connectivity index (χ0v) is 18.5. The summed E-state index contributed by atoms with van der Waals surface area (Å²) in [4.78, 5) is 32.4. The van der Waals surface area contributed by atoms with Gasteiger partial charge in [-0.15, -0.1) is 11.3 Å². The van der Waals surface area contributed by atoms with E-state index in [1.807, 2.05) is 11.8 Å². The van der Waals surface area contributed by atoms with Crippen molar-refractivity contribution in [3.05, 3.63) is 40.4 Å². The van der Waals surface area contributed by atoms with Crippen molar-refractivity contribution in [3.8, 4) is 10.6 Å². The highest BCUT2D eigenvalue weighted by Gasteiger charge is 2.27. The Morgan fingerprint density at radius 3 is 2.52 bits per heavy atom. The Morgan fingerprint density at radius 1 is 1.17 bits per heavy atom. The number of nitrogens with zero attached hydrogens (tertiary/aromatic N) is 2. The maximum atomic E-state index is 13.0. The number of nitrogens with one attached hydrogen (secondary N) is 1. The summed E-state index contributed by atoms with van der Waals surface area (Å²) in [6, 6.07) is 8.24. The van der Waals surface area contributed by atoms with Crippen LogP contribution in [0.5, 0.6) is 0 Å². The van der Waals surface area contributed by atoms with Crippen LogP contribution < -0.4 is 5.32 Å². The van der Waals surface area contributed by atoms with Crippen LogP contribution in [-0.2, 0) is 4.79 Å². The second-order valence-electron chi connectivity index (χ2n) is 7.94. The fourth-order valence-corrected chi connectivity index (χ4v) is 4.68. The van der Waals surface area contributed by atoms with E-state index in [-0.39, 0.29) is 11.8 Å². The zero-order valence-electron chi connectivity index (χ0n) is 17.7. The molecule has 5 nitrogen and oxygen atoms in total. The number of benzene rings is 1. The first kappa shape index (κ1) is 21.5. The highest BCUT2D eigenvalue weighted by Crippen LogP contribution is 2.30. The molecule has 1 aromatic heterocycles. The molecule has 1 saturated heterocycles. The highest BCUT2D eigenvalue weighted by molar-refractivity contribution is 7.17. The molecule has 6 heteroatoms. The molecule has 3 rings (SSSR count). The summed E-state index contributed by atoms with van der Waals surface area (Å²) in [5, 5.41) is 3.89. The average molecular weight is 414 g/mol. The lowest BCUT2D eigenvalue weighted by Crippen LogP contribution is -2.39. The molecular weight excluding hydrogens is 382 g/mol. The van der Waals surface area contributed by atoms with Gasteiger partial charge >= 0.3 is 0 Å². The van der Waals surface area contributed by atoms with E-state index >= 15 is 0 Å². The number of rotatable bonds is 7. The monoisotopic (exact) mass is 413 g/mol. The summed E-state index contributed by atoms with van der Waals surface area (Å²) in [7, 11) is 0. The van der Waals surface area contributed by atoms with E-state index in [1.165, 1.54) is 16.9 Å². The number of aryl methyl sites for hydroxylation is 2. The van der Waals surface area contributed by atoms with Gasteiger partial charge in [-0.25, -0.2) is 4.98 Å². The predicted molar refractivity (Wildman–Crippen MR) is 118 cm³/mol. The molecule has 2 amide bonds. The smallest absolute Gasteiger partial charge is 0.265 e. The lowest BCUT2D eigenvalue weighted by molar-refractivity contribution is -0.122. The maximum Gasteiger partial charge on any atom is 0.265 e. The van der Waals surface area contributed by atoms with Crippen LogP contribution in [0.3, 0.4) is 0 Å². The molecule has 156 valence electrons. The number of thiazole rings is 1. The number of piperidine rings is 1. The molecule has 0 saturated carbocycles. The van der Waals surface area contributed by atoms with E-state index in [4.69, 9.17) is 0 Å². The van der Waals surface area contributed by atoms with Crippen LogP contribution in [0.2, 0.25) is 0 Å². The van der Waals surface area contributed by atoms with Crippen LogP contribution in [0.1, 0.15) is 60.0 Å². The minimum Gasteiger partial charge on any atom is -0.356 e. The fourth-order valence-electron chi connectivity index (χ4n) is 3.64. The molecule has 0 atom stereocenters. The van der Waals surface area contributed by atoms with Crippen molar-refractivity contribution in [1.29, 1.82) is 0 Å². The van der Waals surface area contributed by atoms with E-state index in [2.05, 4.69) is 48.4 Å². The molecule has 0 aliphatic carbocycles. The third-order valence-electron chi connectivity index (χ3n) is 5.52. The first-order valence-electron chi connectivity index (χ1n) is 10.6. The Morgan fingerprint density at radius 2 is 1.86 bits per heavy atom. The van der Waals surface area contributed by atoms with Crippen molar-refractivity contribution in [1.82, 2.24) is 15.2 Å². The molecule has 2 aromatic rings. The van der Waals surface area contributed by atoms with E-state index in [0.29, 0.717) is 25.4 Å². The Kier molecular flexibility index (Phi) is 7.42. The van der Waals surface area contributed by atoms with Gasteiger partial charge in [-0.2, -0.15) is 0 Å². The summed E-state index contributed by atoms with van der Waals surface area (Å²) in [6.45, 7) is 8.28. The van der Waals surface area contributed by atoms with E-state index < -0.39 is 0 Å². The van der Waals surface area contributed by atoms with Gasteiger partial charge in [0.1, 0.15) is 9.88 Å². The number of amides is 2. The third kappa shape index (κ3) is 5.66. The van der Waals surface area contributed by atoms with Crippen molar-refractivity contribution in [2.75, 3.05) is 19.6 Å². The predicted octanol–water partition coefficient (Wildman–Crippen LogP) is 4.59. The first-order chi connectivity index (χ1) is 14.0. The van der Waals surface area contributed by atoms with Crippen molar-refractivity contribution in [2.45, 2.75) is 52.9 Å². The quantitative estimate of drug-likeness (QED) is 0.676. The van der Waals surface area contributed by atoms with E-state index in [1.54, 1.807) is 0 Å². The lowest BCUT2D eigenvalue weighted by Gasteiger charge is -2.31. The average Bonchev–Trinajstić information content (AvgIpc) is 3.10. The molecule has 0 bridgehead atoms. The molecule has 0 spiro atoms. The van der Waals surface area contributed by atoms with Crippen LogP contribution >= 0.6 is 11.3 Å². The summed E-state index contributed by atoms with van der Waals surface area (Å²) in [5.74, 6) is 0.583. The molecule has 1 N–H and O–H groups in total. The Bertz CT molecular complexity index is 836. The largest absolute Gasteiger partial charge is 0.356 e. The fraction of sp³-hybridized carbons (Fsp3) is 0.522. The minimum atomic E-state index is 0.0733. The van der Waals surface area contributed by atoms with Gasteiger partial charge < -0.3 is 10.2 Å². The zero-order chi connectivity index (χ0) is 20.8. The number of hydrogen-bond donors (Lipinski definition) is 1. The molecule has 29 heavy (non-hydrogen) atoms. The van der Waals surface area contributed by atoms with Crippen molar-refractivity contribution in [3.63, 3.8) is 0 Å². The van der Waals surface area contributed by atoms with Gasteiger partial charge in [0.05, 0.1) is 5.69 Å². The molecule has 1 aliphatic heterocycles. The summed E-state index contributed by atoms with van der Waals surface area (Å²) in [5.41, 5.74) is 3.06. The van der Waals surface area contributed by atoms with Crippen LogP contribution in [-0.4, -0.2) is 41.3 Å². The second kappa shape index (κ2) is 10.0. The Labute approximate surface area is 177 Å². The molecule has 0 radical (unpaired) electrons. The molecule has 1 fully saturated rings. The van der Waals surface area contributed by atoms with Crippen LogP contribution in [0.25, 0.3) is 10.6 Å². The van der Waals surface area contributed by atoms with E-state index in [0.717, 1.165) is 53.4 Å². The van der Waals surface area contributed by atoms with Gasteiger partial charge in [0.15, 0.2) is 0 Å². The summed E-state index contributed by atoms with van der Waals surface area (Å²) in [6.07, 6.45) is 4.45. The number of hydrogen-bond acceptors (Lipinski definition) is 4. The van der Waals surface area contributed by atoms with Crippen molar-refractivity contribution in [2.24, 2.45) is 5.92 Å². The molecule has 2 heterocycles. The van der Waals surface area contributed by atoms with Crippen LogP contribution in [0.4, 0.5) is 0 Å². The standard InChI is InChI=1S/C23H31N3O2S/c1-4-5-12-24-20(27)15-18-10-13-26(14-11-18)23(28)21-17(3)25-22(29-21)19-8-6-16(2)7-9-19/h6-9,18H,4-5,10-15H2,1-3H3,(H,24,27). The van der Waals surface area contributed by atoms with Crippen LogP contribution in [0.15, 0.2) is 24.3 Å². The SMILES string of the molecule is CCCCNC(=O)CC1CCN(C(=O)c2sc(-c3ccc(C)cc3)nc2C)CC1. The van der Waals surface area contributed by atoms with Gasteiger partial charge in [0.2, 0.25) is 5.91 Å². The minimum absolute atomic E-state index is 0.0733. The van der Waals surface area contributed by atoms with Gasteiger partial charge in [-0.05, 0) is 39.0 Å². The second-order valence-corrected chi connectivity index (χ2v) is 8.94. The number of likely N-dealkylation sites (tertiary alicyclic amines) is 1. The number of unbranched alkanes of at least 4 members (excludes halogenated alkanes) is 1. The lowest BCUT2D eigenvalue weighted by atomic mass is 9.93. The maximum absolute atomic E-state index is 13.0. The van der Waals surface area contributed by atoms with Gasteiger partial charge in [0, 0.05) is 31.6 Å². The van der Waals surface area contributed by atoms with Crippen molar-refractivity contribution < 1.29 is 9.59 Å². The Balaban J connectivity index is 1.55. The molecule has 0 unspecified atom stereocenters. The first-order valence-corrected chi connectivity index (χ1v) is 11.4. The summed E-state index contributed by atoms with van der Waals surface area (Å²) < 4.78 is 0. The van der Waals surface area contributed by atoms with Crippen LogP contribution in [0, 0.1) is 19.8 Å². The molecule has 1 aliphatic rings. The van der Waals surface area contributed by atoms with Gasteiger partial charge in [-0.3, -0.25) is 9.59 Å². The summed E-state index contributed by atoms with van der Waals surface area (Å²) >= 11 is 1.48. The van der Waals surface area contributed by atoms with E-state index in [9.17, 15) is 9.59 Å². The topological polar surface area (TPSA) is 62.3 Å². The third-order valence-corrected chi connectivity index (χ3v) is 6.71. The number of carbonyl (C=O) groups is 2. The normalized spacial score (nSPS) is 14.8. The molecule has 1 aromatic carbocycles. The van der Waals surface area contributed by atoms with Crippen molar-refractivity contribution >= 4 is 23.2 Å². The van der Waals surface area contributed by atoms with Gasteiger partial charge in [0.25, 0.3) is 5.91 Å². The highest BCUT2D eigenvalue weighted by atomic mass is 32.1. The van der Waals surface area contributed by atoms with Gasteiger partial charge in [-0.1, -0.05) is 43.2 Å². The number of aromatic nitrogens is 1.